The van der Waals surface area contributed by atoms with Crippen molar-refractivity contribution in [1.82, 2.24) is 9.97 Å². The van der Waals surface area contributed by atoms with Gasteiger partial charge in [-0.2, -0.15) is 0 Å². The maximum Gasteiger partial charge on any atom is 0.141 e. The molecule has 20 heavy (non-hydrogen) atoms. The Morgan fingerprint density at radius 3 is 2.70 bits per heavy atom. The van der Waals surface area contributed by atoms with E-state index in [1.165, 1.54) is 4.90 Å². The van der Waals surface area contributed by atoms with E-state index in [0.717, 1.165) is 28.2 Å². The number of aromatic nitrogens is 2. The lowest BCUT2D eigenvalue weighted by Gasteiger charge is -2.08. The van der Waals surface area contributed by atoms with Gasteiger partial charge < -0.3 is 5.73 Å². The number of nitrogens with zero attached hydrogens (tertiary/aromatic N) is 2. The Labute approximate surface area is 132 Å². The van der Waals surface area contributed by atoms with Crippen molar-refractivity contribution in [2.45, 2.75) is 30.9 Å². The van der Waals surface area contributed by atoms with E-state index in [0.29, 0.717) is 11.7 Å². The maximum atomic E-state index is 5.86. The zero-order chi connectivity index (χ0) is 14.5. The molecule has 1 heterocycles. The lowest BCUT2D eigenvalue weighted by atomic mass is 10.1. The van der Waals surface area contributed by atoms with E-state index in [1.807, 2.05) is 24.3 Å². The average Bonchev–Trinajstić information content (AvgIpc) is 2.36. The second kappa shape index (κ2) is 7.09. The molecule has 2 aromatic rings. The molecule has 0 fully saturated rings. The van der Waals surface area contributed by atoms with Crippen LogP contribution in [0.4, 0.5) is 5.82 Å². The smallest absolute Gasteiger partial charge is 0.141 e. The van der Waals surface area contributed by atoms with Crippen molar-refractivity contribution < 1.29 is 0 Å². The fourth-order valence-electron chi connectivity index (χ4n) is 1.87. The summed E-state index contributed by atoms with van der Waals surface area (Å²) in [5.74, 6) is 2.63. The first kappa shape index (κ1) is 15.3. The molecule has 0 aliphatic heterocycles. The predicted molar refractivity (Wildman–Crippen MR) is 88.7 cm³/mol. The summed E-state index contributed by atoms with van der Waals surface area (Å²) >= 11 is 5.25. The molecule has 3 nitrogen and oxygen atoms in total. The highest BCUT2D eigenvalue weighted by atomic mass is 79.9. The molecule has 5 heteroatoms. The van der Waals surface area contributed by atoms with Gasteiger partial charge in [-0.05, 0) is 40.4 Å². The highest BCUT2D eigenvalue weighted by molar-refractivity contribution is 9.10. The monoisotopic (exact) mass is 351 g/mol. The van der Waals surface area contributed by atoms with Crippen LogP contribution < -0.4 is 5.73 Å². The minimum absolute atomic E-state index is 0.554. The van der Waals surface area contributed by atoms with Gasteiger partial charge in [0.1, 0.15) is 11.6 Å². The molecule has 0 spiro atoms. The fraction of sp³-hybridized carbons (Fsp3) is 0.333. The minimum atomic E-state index is 0.554. The van der Waals surface area contributed by atoms with Crippen LogP contribution in [0.15, 0.2) is 39.7 Å². The molecule has 0 bridgehead atoms. The Morgan fingerprint density at radius 2 is 2.00 bits per heavy atom. The van der Waals surface area contributed by atoms with Gasteiger partial charge in [0.25, 0.3) is 0 Å². The van der Waals surface area contributed by atoms with E-state index in [-0.39, 0.29) is 0 Å². The SMILES string of the molecule is CC(C)Cc1cc(N)nc(CSc2ccccc2Br)n1. The first-order chi connectivity index (χ1) is 9.54. The lowest BCUT2D eigenvalue weighted by Crippen LogP contribution is -2.05. The van der Waals surface area contributed by atoms with Crippen LogP contribution in [-0.4, -0.2) is 9.97 Å². The molecule has 2 rings (SSSR count). The molecule has 0 saturated carbocycles. The Kier molecular flexibility index (Phi) is 5.43. The Hall–Kier alpha value is -1.07. The van der Waals surface area contributed by atoms with E-state index in [2.05, 4.69) is 45.8 Å². The van der Waals surface area contributed by atoms with Gasteiger partial charge >= 0.3 is 0 Å². The number of nitrogen functional groups attached to an aromatic ring is 1. The first-order valence-electron chi connectivity index (χ1n) is 6.54. The minimum Gasteiger partial charge on any atom is -0.384 e. The van der Waals surface area contributed by atoms with Gasteiger partial charge in [0.15, 0.2) is 0 Å². The van der Waals surface area contributed by atoms with Gasteiger partial charge in [0.2, 0.25) is 0 Å². The number of anilines is 1. The van der Waals surface area contributed by atoms with Gasteiger partial charge in [-0.15, -0.1) is 11.8 Å². The number of rotatable bonds is 5. The molecule has 0 saturated heterocycles. The molecule has 1 aromatic heterocycles. The van der Waals surface area contributed by atoms with Gasteiger partial charge in [-0.3, -0.25) is 0 Å². The largest absolute Gasteiger partial charge is 0.384 e. The van der Waals surface area contributed by atoms with Crippen molar-refractivity contribution in [2.75, 3.05) is 5.73 Å². The molecule has 0 aliphatic carbocycles. The summed E-state index contributed by atoms with van der Waals surface area (Å²) in [6.45, 7) is 4.35. The Balaban J connectivity index is 2.09. The summed E-state index contributed by atoms with van der Waals surface area (Å²) < 4.78 is 1.09. The molecule has 1 aromatic carbocycles. The predicted octanol–water partition coefficient (Wildman–Crippen LogP) is 4.31. The van der Waals surface area contributed by atoms with Crippen LogP contribution in [0.1, 0.15) is 25.4 Å². The van der Waals surface area contributed by atoms with Crippen LogP contribution in [0.3, 0.4) is 0 Å². The molecule has 0 atom stereocenters. The standard InChI is InChI=1S/C15H18BrN3S/c1-10(2)7-11-8-14(17)19-15(18-11)9-20-13-6-4-3-5-12(13)16/h3-6,8,10H,7,9H2,1-2H3,(H2,17,18,19). The van der Waals surface area contributed by atoms with Crippen molar-refractivity contribution in [3.8, 4) is 0 Å². The third kappa shape index (κ3) is 4.49. The van der Waals surface area contributed by atoms with Gasteiger partial charge in [-0.1, -0.05) is 26.0 Å². The topological polar surface area (TPSA) is 51.8 Å². The highest BCUT2D eigenvalue weighted by Gasteiger charge is 2.07. The number of nitrogens with two attached hydrogens (primary N) is 1. The third-order valence-corrected chi connectivity index (χ3v) is 4.68. The second-order valence-corrected chi connectivity index (χ2v) is 6.89. The summed E-state index contributed by atoms with van der Waals surface area (Å²) in [7, 11) is 0. The molecule has 0 unspecified atom stereocenters. The van der Waals surface area contributed by atoms with E-state index < -0.39 is 0 Å². The average molecular weight is 352 g/mol. The van der Waals surface area contributed by atoms with Gasteiger partial charge in [0.05, 0.1) is 5.75 Å². The summed E-state index contributed by atoms with van der Waals surface area (Å²) in [5.41, 5.74) is 6.89. The van der Waals surface area contributed by atoms with Crippen LogP contribution in [-0.2, 0) is 12.2 Å². The number of hydrogen-bond donors (Lipinski definition) is 1. The van der Waals surface area contributed by atoms with E-state index >= 15 is 0 Å². The summed E-state index contributed by atoms with van der Waals surface area (Å²) in [6, 6.07) is 10.0. The van der Waals surface area contributed by atoms with E-state index in [9.17, 15) is 0 Å². The molecule has 106 valence electrons. The van der Waals surface area contributed by atoms with Crippen molar-refractivity contribution in [2.24, 2.45) is 5.92 Å². The number of thioether (sulfide) groups is 1. The van der Waals surface area contributed by atoms with Crippen LogP contribution in [0.2, 0.25) is 0 Å². The summed E-state index contributed by atoms with van der Waals surface area (Å²) in [6.07, 6.45) is 0.930. The normalized spacial score (nSPS) is 11.0. The van der Waals surface area contributed by atoms with E-state index in [4.69, 9.17) is 5.73 Å². The summed E-state index contributed by atoms with van der Waals surface area (Å²) in [5, 5.41) is 0. The number of halogens is 1. The first-order valence-corrected chi connectivity index (χ1v) is 8.32. The third-order valence-electron chi connectivity index (χ3n) is 2.66. The molecule has 0 radical (unpaired) electrons. The maximum absolute atomic E-state index is 5.86. The van der Waals surface area contributed by atoms with E-state index in [1.54, 1.807) is 11.8 Å². The fourth-order valence-corrected chi connectivity index (χ4v) is 3.29. The van der Waals surface area contributed by atoms with Crippen LogP contribution in [0.5, 0.6) is 0 Å². The molecule has 0 aliphatic rings. The zero-order valence-corrected chi connectivity index (χ0v) is 14.0. The van der Waals surface area contributed by atoms with Crippen LogP contribution >= 0.6 is 27.7 Å². The van der Waals surface area contributed by atoms with Gasteiger partial charge in [-0.25, -0.2) is 9.97 Å². The van der Waals surface area contributed by atoms with Gasteiger partial charge in [0, 0.05) is 21.1 Å². The molecule has 0 amide bonds. The van der Waals surface area contributed by atoms with Crippen LogP contribution in [0.25, 0.3) is 0 Å². The lowest BCUT2D eigenvalue weighted by molar-refractivity contribution is 0.632. The second-order valence-electron chi connectivity index (χ2n) is 5.02. The molecule has 2 N–H and O–H groups in total. The Morgan fingerprint density at radius 1 is 1.25 bits per heavy atom. The summed E-state index contributed by atoms with van der Waals surface area (Å²) in [4.78, 5) is 10.1. The van der Waals surface area contributed by atoms with Crippen molar-refractivity contribution in [3.63, 3.8) is 0 Å². The highest BCUT2D eigenvalue weighted by Crippen LogP contribution is 2.29. The number of hydrogen-bond acceptors (Lipinski definition) is 4. The van der Waals surface area contributed by atoms with Crippen molar-refractivity contribution >= 4 is 33.5 Å². The quantitative estimate of drug-likeness (QED) is 0.815. The van der Waals surface area contributed by atoms with Crippen molar-refractivity contribution in [3.05, 3.63) is 46.3 Å². The van der Waals surface area contributed by atoms with Crippen LogP contribution in [0, 0.1) is 5.92 Å². The molecular weight excluding hydrogens is 334 g/mol. The zero-order valence-electron chi connectivity index (χ0n) is 11.6. The van der Waals surface area contributed by atoms with Crippen molar-refractivity contribution in [1.29, 1.82) is 0 Å². The molecular formula is C15H18BrN3S. The number of benzene rings is 1. The Bertz CT molecular complexity index is 587.